The molecule has 1 unspecified atom stereocenters. The SMILES string of the molecule is CCC1(CN(C)C(C)C)CCNC1. The van der Waals surface area contributed by atoms with Crippen LogP contribution in [0.5, 0.6) is 0 Å². The van der Waals surface area contributed by atoms with Gasteiger partial charge in [0, 0.05) is 19.1 Å². The van der Waals surface area contributed by atoms with Crippen LogP contribution in [0.1, 0.15) is 33.6 Å². The van der Waals surface area contributed by atoms with E-state index in [1.807, 2.05) is 0 Å². The molecular formula is C11H24N2. The Labute approximate surface area is 82.7 Å². The number of rotatable bonds is 4. The minimum atomic E-state index is 0.555. The summed E-state index contributed by atoms with van der Waals surface area (Å²) in [4.78, 5) is 2.47. The number of nitrogens with one attached hydrogen (secondary N) is 1. The van der Waals surface area contributed by atoms with Gasteiger partial charge in [-0.3, -0.25) is 0 Å². The molecule has 1 saturated heterocycles. The Morgan fingerprint density at radius 3 is 2.54 bits per heavy atom. The van der Waals surface area contributed by atoms with E-state index in [9.17, 15) is 0 Å². The van der Waals surface area contributed by atoms with Crippen molar-refractivity contribution in [1.82, 2.24) is 10.2 Å². The summed E-state index contributed by atoms with van der Waals surface area (Å²) in [6, 6.07) is 0.670. The van der Waals surface area contributed by atoms with Crippen molar-refractivity contribution in [3.05, 3.63) is 0 Å². The van der Waals surface area contributed by atoms with E-state index in [0.717, 1.165) is 0 Å². The van der Waals surface area contributed by atoms with Crippen molar-refractivity contribution in [1.29, 1.82) is 0 Å². The van der Waals surface area contributed by atoms with Crippen LogP contribution in [-0.2, 0) is 0 Å². The first-order valence-corrected chi connectivity index (χ1v) is 5.50. The molecule has 1 rings (SSSR count). The molecule has 0 aliphatic carbocycles. The minimum absolute atomic E-state index is 0.555. The van der Waals surface area contributed by atoms with Crippen LogP contribution >= 0.6 is 0 Å². The van der Waals surface area contributed by atoms with Gasteiger partial charge in [-0.15, -0.1) is 0 Å². The van der Waals surface area contributed by atoms with Crippen molar-refractivity contribution in [3.8, 4) is 0 Å². The number of hydrogen-bond donors (Lipinski definition) is 1. The van der Waals surface area contributed by atoms with E-state index in [1.165, 1.54) is 32.5 Å². The third-order valence-corrected chi connectivity index (χ3v) is 3.55. The van der Waals surface area contributed by atoms with Gasteiger partial charge < -0.3 is 10.2 Å². The third kappa shape index (κ3) is 2.68. The molecule has 0 radical (unpaired) electrons. The van der Waals surface area contributed by atoms with Crippen LogP contribution in [0.15, 0.2) is 0 Å². The molecule has 0 spiro atoms. The molecule has 13 heavy (non-hydrogen) atoms. The zero-order chi connectivity index (χ0) is 9.90. The van der Waals surface area contributed by atoms with Gasteiger partial charge in [-0.1, -0.05) is 6.92 Å². The van der Waals surface area contributed by atoms with Gasteiger partial charge in [-0.2, -0.15) is 0 Å². The van der Waals surface area contributed by atoms with Crippen molar-refractivity contribution in [2.45, 2.75) is 39.7 Å². The molecule has 1 fully saturated rings. The number of nitrogens with zero attached hydrogens (tertiary/aromatic N) is 1. The summed E-state index contributed by atoms with van der Waals surface area (Å²) in [5.74, 6) is 0. The standard InChI is InChI=1S/C11H24N2/c1-5-11(6-7-12-8-11)9-13(4)10(2)3/h10,12H,5-9H2,1-4H3. The van der Waals surface area contributed by atoms with Crippen LogP contribution < -0.4 is 5.32 Å². The van der Waals surface area contributed by atoms with Crippen LogP contribution in [0, 0.1) is 5.41 Å². The molecule has 1 N–H and O–H groups in total. The molecule has 78 valence electrons. The van der Waals surface area contributed by atoms with Gasteiger partial charge in [0.1, 0.15) is 0 Å². The molecule has 1 aliphatic rings. The van der Waals surface area contributed by atoms with E-state index in [-0.39, 0.29) is 0 Å². The molecule has 0 saturated carbocycles. The normalized spacial score (nSPS) is 29.1. The van der Waals surface area contributed by atoms with Crippen molar-refractivity contribution >= 4 is 0 Å². The summed E-state index contributed by atoms with van der Waals surface area (Å²) in [6.07, 6.45) is 2.65. The van der Waals surface area contributed by atoms with Gasteiger partial charge in [0.15, 0.2) is 0 Å². The van der Waals surface area contributed by atoms with E-state index in [0.29, 0.717) is 11.5 Å². The van der Waals surface area contributed by atoms with E-state index in [2.05, 4.69) is 38.0 Å². The third-order valence-electron chi connectivity index (χ3n) is 3.55. The molecule has 0 aromatic heterocycles. The van der Waals surface area contributed by atoms with Crippen LogP contribution in [0.3, 0.4) is 0 Å². The maximum absolute atomic E-state index is 3.48. The Hall–Kier alpha value is -0.0800. The lowest BCUT2D eigenvalue weighted by molar-refractivity contribution is 0.157. The first-order valence-electron chi connectivity index (χ1n) is 5.50. The summed E-state index contributed by atoms with van der Waals surface area (Å²) < 4.78 is 0. The predicted octanol–water partition coefficient (Wildman–Crippen LogP) is 1.72. The minimum Gasteiger partial charge on any atom is -0.316 e. The molecule has 1 aliphatic heterocycles. The first kappa shape index (κ1) is 11.0. The summed E-state index contributed by atoms with van der Waals surface area (Å²) in [5.41, 5.74) is 0.555. The average Bonchev–Trinajstić information content (AvgIpc) is 2.54. The van der Waals surface area contributed by atoms with E-state index >= 15 is 0 Å². The smallest absolute Gasteiger partial charge is 0.00502 e. The van der Waals surface area contributed by atoms with E-state index < -0.39 is 0 Å². The lowest BCUT2D eigenvalue weighted by Gasteiger charge is -2.34. The topological polar surface area (TPSA) is 15.3 Å². The molecular weight excluding hydrogens is 160 g/mol. The predicted molar refractivity (Wildman–Crippen MR) is 58.0 cm³/mol. The maximum Gasteiger partial charge on any atom is 0.00502 e. The molecule has 2 heteroatoms. The summed E-state index contributed by atoms with van der Waals surface area (Å²) in [7, 11) is 2.24. The Morgan fingerprint density at radius 1 is 1.46 bits per heavy atom. The maximum atomic E-state index is 3.48. The lowest BCUT2D eigenvalue weighted by Crippen LogP contribution is -2.40. The van der Waals surface area contributed by atoms with Crippen LogP contribution in [0.25, 0.3) is 0 Å². The quantitative estimate of drug-likeness (QED) is 0.715. The number of hydrogen-bond acceptors (Lipinski definition) is 2. The second kappa shape index (κ2) is 4.43. The second-order valence-electron chi connectivity index (χ2n) is 4.79. The van der Waals surface area contributed by atoms with Gasteiger partial charge in [0.25, 0.3) is 0 Å². The fourth-order valence-electron chi connectivity index (χ4n) is 2.06. The highest BCUT2D eigenvalue weighted by molar-refractivity contribution is 4.89. The van der Waals surface area contributed by atoms with Crippen LogP contribution in [0.4, 0.5) is 0 Å². The van der Waals surface area contributed by atoms with Crippen molar-refractivity contribution in [2.75, 3.05) is 26.7 Å². The van der Waals surface area contributed by atoms with E-state index in [1.54, 1.807) is 0 Å². The van der Waals surface area contributed by atoms with E-state index in [4.69, 9.17) is 0 Å². The van der Waals surface area contributed by atoms with Crippen molar-refractivity contribution in [2.24, 2.45) is 5.41 Å². The Balaban J connectivity index is 2.48. The lowest BCUT2D eigenvalue weighted by atomic mass is 9.83. The monoisotopic (exact) mass is 184 g/mol. The summed E-state index contributed by atoms with van der Waals surface area (Å²) >= 11 is 0. The fourth-order valence-corrected chi connectivity index (χ4v) is 2.06. The largest absolute Gasteiger partial charge is 0.316 e. The zero-order valence-electron chi connectivity index (χ0n) is 9.56. The van der Waals surface area contributed by atoms with Gasteiger partial charge in [0.05, 0.1) is 0 Å². The molecule has 1 atom stereocenters. The highest BCUT2D eigenvalue weighted by Crippen LogP contribution is 2.30. The molecule has 0 aromatic rings. The van der Waals surface area contributed by atoms with Gasteiger partial charge >= 0.3 is 0 Å². The molecule has 0 bridgehead atoms. The first-order chi connectivity index (χ1) is 6.09. The van der Waals surface area contributed by atoms with Gasteiger partial charge in [-0.25, -0.2) is 0 Å². The highest BCUT2D eigenvalue weighted by Gasteiger charge is 2.33. The second-order valence-corrected chi connectivity index (χ2v) is 4.79. The molecule has 0 amide bonds. The molecule has 0 aromatic carbocycles. The average molecular weight is 184 g/mol. The van der Waals surface area contributed by atoms with Crippen molar-refractivity contribution < 1.29 is 0 Å². The van der Waals surface area contributed by atoms with Crippen LogP contribution in [0.2, 0.25) is 0 Å². The Morgan fingerprint density at radius 2 is 2.15 bits per heavy atom. The Bertz CT molecular complexity index is 148. The highest BCUT2D eigenvalue weighted by atomic mass is 15.1. The van der Waals surface area contributed by atoms with Crippen molar-refractivity contribution in [3.63, 3.8) is 0 Å². The molecule has 1 heterocycles. The molecule has 2 nitrogen and oxygen atoms in total. The van der Waals surface area contributed by atoms with Crippen LogP contribution in [-0.4, -0.2) is 37.6 Å². The summed E-state index contributed by atoms with van der Waals surface area (Å²) in [6.45, 7) is 10.5. The zero-order valence-corrected chi connectivity index (χ0v) is 9.56. The Kier molecular flexibility index (Phi) is 3.74. The van der Waals surface area contributed by atoms with Gasteiger partial charge in [0.2, 0.25) is 0 Å². The fraction of sp³-hybridized carbons (Fsp3) is 1.00. The summed E-state index contributed by atoms with van der Waals surface area (Å²) in [5, 5.41) is 3.48. The van der Waals surface area contributed by atoms with Gasteiger partial charge in [-0.05, 0) is 45.7 Å².